The average molecular weight is 341 g/mol. The van der Waals surface area contributed by atoms with Gasteiger partial charge in [0, 0.05) is 28.8 Å². The van der Waals surface area contributed by atoms with Crippen molar-refractivity contribution < 1.29 is 4.92 Å². The minimum absolute atomic E-state index is 0.103. The van der Waals surface area contributed by atoms with Gasteiger partial charge in [0.15, 0.2) is 0 Å². The molecule has 1 aliphatic carbocycles. The van der Waals surface area contributed by atoms with E-state index < -0.39 is 0 Å². The molecule has 0 fully saturated rings. The van der Waals surface area contributed by atoms with Crippen molar-refractivity contribution in [2.24, 2.45) is 5.92 Å². The fourth-order valence-electron chi connectivity index (χ4n) is 4.01. The molecule has 0 bridgehead atoms. The van der Waals surface area contributed by atoms with Gasteiger partial charge in [0.1, 0.15) is 0 Å². The predicted octanol–water partition coefficient (Wildman–Crippen LogP) is 5.38. The molecule has 0 amide bonds. The molecule has 0 spiro atoms. The van der Waals surface area contributed by atoms with Crippen LogP contribution in [0, 0.1) is 23.0 Å². The van der Waals surface area contributed by atoms with Crippen LogP contribution in [0.2, 0.25) is 5.02 Å². The zero-order chi connectivity index (χ0) is 16.8. The molecular formula is C19H17ClN2O2. The monoisotopic (exact) mass is 340 g/mol. The number of nitro benzene ring substituents is 1. The van der Waals surface area contributed by atoms with Crippen LogP contribution in [0.3, 0.4) is 0 Å². The Kier molecular flexibility index (Phi) is 3.57. The molecule has 2 aromatic rings. The molecule has 1 N–H and O–H groups in total. The normalized spacial score (nSPS) is 24.2. The molecule has 0 saturated carbocycles. The zero-order valence-corrected chi connectivity index (χ0v) is 14.0. The third kappa shape index (κ3) is 2.29. The van der Waals surface area contributed by atoms with Crippen molar-refractivity contribution in [1.29, 1.82) is 0 Å². The maximum Gasteiger partial charge on any atom is 0.270 e. The first-order valence-electron chi connectivity index (χ1n) is 8.03. The third-order valence-corrected chi connectivity index (χ3v) is 5.45. The number of non-ortho nitro benzene ring substituents is 1. The van der Waals surface area contributed by atoms with E-state index in [0.717, 1.165) is 33.8 Å². The minimum atomic E-state index is -0.318. The van der Waals surface area contributed by atoms with Crippen molar-refractivity contribution in [3.8, 4) is 0 Å². The maximum atomic E-state index is 11.2. The highest BCUT2D eigenvalue weighted by atomic mass is 35.5. The van der Waals surface area contributed by atoms with Gasteiger partial charge in [-0.1, -0.05) is 42.0 Å². The van der Waals surface area contributed by atoms with Gasteiger partial charge in [-0.15, -0.1) is 0 Å². The van der Waals surface area contributed by atoms with Crippen molar-refractivity contribution in [1.82, 2.24) is 0 Å². The molecule has 24 heavy (non-hydrogen) atoms. The van der Waals surface area contributed by atoms with E-state index in [0.29, 0.717) is 5.92 Å². The summed E-state index contributed by atoms with van der Waals surface area (Å²) in [5.74, 6) is 0.500. The van der Waals surface area contributed by atoms with E-state index in [9.17, 15) is 10.1 Å². The van der Waals surface area contributed by atoms with Gasteiger partial charge in [-0.25, -0.2) is 0 Å². The summed E-state index contributed by atoms with van der Waals surface area (Å²) in [6.07, 6.45) is 5.29. The number of hydrogen-bond donors (Lipinski definition) is 1. The fourth-order valence-corrected chi connectivity index (χ4v) is 4.26. The van der Waals surface area contributed by atoms with Crippen LogP contribution in [0.5, 0.6) is 0 Å². The summed E-state index contributed by atoms with van der Waals surface area (Å²) in [6, 6.07) is 11.3. The Morgan fingerprint density at radius 3 is 2.79 bits per heavy atom. The molecule has 3 atom stereocenters. The second-order valence-electron chi connectivity index (χ2n) is 6.48. The van der Waals surface area contributed by atoms with Gasteiger partial charge < -0.3 is 5.32 Å². The number of rotatable bonds is 2. The van der Waals surface area contributed by atoms with Gasteiger partial charge in [0.2, 0.25) is 0 Å². The highest BCUT2D eigenvalue weighted by Gasteiger charge is 2.39. The maximum absolute atomic E-state index is 11.2. The lowest BCUT2D eigenvalue weighted by molar-refractivity contribution is -0.385. The number of benzene rings is 2. The molecule has 4 nitrogen and oxygen atoms in total. The average Bonchev–Trinajstić information content (AvgIpc) is 3.05. The number of fused-ring (bicyclic) bond motifs is 3. The number of nitro groups is 1. The van der Waals surface area contributed by atoms with Crippen LogP contribution in [-0.4, -0.2) is 4.92 Å². The molecule has 3 unspecified atom stereocenters. The third-order valence-electron chi connectivity index (χ3n) is 5.10. The number of anilines is 1. The Balaban J connectivity index is 1.85. The number of hydrogen-bond acceptors (Lipinski definition) is 3. The van der Waals surface area contributed by atoms with Crippen LogP contribution >= 0.6 is 11.6 Å². The first-order chi connectivity index (χ1) is 11.6. The molecular weight excluding hydrogens is 324 g/mol. The second-order valence-corrected chi connectivity index (χ2v) is 6.89. The van der Waals surface area contributed by atoms with Crippen LogP contribution in [0.4, 0.5) is 11.4 Å². The summed E-state index contributed by atoms with van der Waals surface area (Å²) in [5.41, 5.74) is 4.15. The van der Waals surface area contributed by atoms with Gasteiger partial charge in [-0.05, 0) is 42.0 Å². The highest BCUT2D eigenvalue weighted by Crippen LogP contribution is 2.52. The standard InChI is InChI=1S/C19H17ClN2O2/c1-11-9-12(22(23)24)10-16-13-6-4-7-14(13)19(21-18(11)16)15-5-2-3-8-17(15)20/h2-6,8-10,13-14,19,21H,7H2,1H3. The zero-order valence-electron chi connectivity index (χ0n) is 13.2. The van der Waals surface area contributed by atoms with Gasteiger partial charge in [0.25, 0.3) is 5.69 Å². The summed E-state index contributed by atoms with van der Waals surface area (Å²) >= 11 is 6.43. The Hall–Kier alpha value is -2.33. The number of nitrogens with zero attached hydrogens (tertiary/aromatic N) is 1. The highest BCUT2D eigenvalue weighted by molar-refractivity contribution is 6.31. The number of allylic oxidation sites excluding steroid dienone is 2. The van der Waals surface area contributed by atoms with E-state index in [2.05, 4.69) is 23.5 Å². The lowest BCUT2D eigenvalue weighted by atomic mass is 9.76. The van der Waals surface area contributed by atoms with Crippen molar-refractivity contribution in [2.75, 3.05) is 5.32 Å². The lowest BCUT2D eigenvalue weighted by Gasteiger charge is -2.38. The molecule has 2 aromatic carbocycles. The number of nitrogens with one attached hydrogen (secondary N) is 1. The van der Waals surface area contributed by atoms with E-state index in [-0.39, 0.29) is 22.6 Å². The van der Waals surface area contributed by atoms with Crippen molar-refractivity contribution >= 4 is 23.0 Å². The van der Waals surface area contributed by atoms with Crippen LogP contribution in [0.25, 0.3) is 0 Å². The van der Waals surface area contributed by atoms with E-state index in [1.807, 2.05) is 25.1 Å². The summed E-state index contributed by atoms with van der Waals surface area (Å²) in [7, 11) is 0. The number of aryl methyl sites for hydroxylation is 1. The Morgan fingerprint density at radius 2 is 2.04 bits per heavy atom. The smallest absolute Gasteiger partial charge is 0.270 e. The number of halogens is 1. The molecule has 0 radical (unpaired) electrons. The van der Waals surface area contributed by atoms with Crippen LogP contribution in [-0.2, 0) is 0 Å². The fraction of sp³-hybridized carbons (Fsp3) is 0.263. The predicted molar refractivity (Wildman–Crippen MR) is 95.6 cm³/mol. The van der Waals surface area contributed by atoms with Gasteiger partial charge >= 0.3 is 0 Å². The van der Waals surface area contributed by atoms with Crippen molar-refractivity contribution in [2.45, 2.75) is 25.3 Å². The lowest BCUT2D eigenvalue weighted by Crippen LogP contribution is -2.29. The second kappa shape index (κ2) is 5.64. The molecule has 1 heterocycles. The van der Waals surface area contributed by atoms with Crippen molar-refractivity contribution in [3.63, 3.8) is 0 Å². The largest absolute Gasteiger partial charge is 0.377 e. The summed E-state index contributed by atoms with van der Waals surface area (Å²) in [4.78, 5) is 10.9. The SMILES string of the molecule is Cc1cc([N+](=O)[O-])cc2c1NC(c1ccccc1Cl)C1CC=CC21. The van der Waals surface area contributed by atoms with Crippen molar-refractivity contribution in [3.05, 3.63) is 80.4 Å². The Bertz CT molecular complexity index is 862. The molecule has 0 saturated heterocycles. The molecule has 122 valence electrons. The van der Waals surface area contributed by atoms with E-state index >= 15 is 0 Å². The summed E-state index contributed by atoms with van der Waals surface area (Å²) < 4.78 is 0. The van der Waals surface area contributed by atoms with E-state index in [1.54, 1.807) is 12.1 Å². The summed E-state index contributed by atoms with van der Waals surface area (Å²) in [5, 5.41) is 15.6. The van der Waals surface area contributed by atoms with E-state index in [1.165, 1.54) is 0 Å². The van der Waals surface area contributed by atoms with Gasteiger partial charge in [-0.2, -0.15) is 0 Å². The minimum Gasteiger partial charge on any atom is -0.377 e. The molecule has 0 aromatic heterocycles. The van der Waals surface area contributed by atoms with Crippen LogP contribution in [0.15, 0.2) is 48.6 Å². The van der Waals surface area contributed by atoms with Gasteiger partial charge in [0.05, 0.1) is 11.0 Å². The topological polar surface area (TPSA) is 55.2 Å². The first-order valence-corrected chi connectivity index (χ1v) is 8.40. The van der Waals surface area contributed by atoms with Crippen LogP contribution < -0.4 is 5.32 Å². The Labute approximate surface area is 145 Å². The van der Waals surface area contributed by atoms with Gasteiger partial charge in [-0.3, -0.25) is 10.1 Å². The first kappa shape index (κ1) is 15.2. The summed E-state index contributed by atoms with van der Waals surface area (Å²) in [6.45, 7) is 1.92. The van der Waals surface area contributed by atoms with E-state index in [4.69, 9.17) is 11.6 Å². The Morgan fingerprint density at radius 1 is 1.25 bits per heavy atom. The molecule has 1 aliphatic heterocycles. The molecule has 5 heteroatoms. The van der Waals surface area contributed by atoms with Crippen LogP contribution in [0.1, 0.15) is 35.1 Å². The molecule has 4 rings (SSSR count). The molecule has 2 aliphatic rings. The quantitative estimate of drug-likeness (QED) is 0.453.